The standard InChI is InChI=1S/C16H15N3O3S/c1-10(15(22)19-16-17-7-8-23-16)9-14(21)18-13-5-3-12(4-6-13)11(2)20/h3-9H,1-2H3,(H,18,21)(H,17,19,22)/b10-9-. The number of nitrogens with one attached hydrogen (secondary N) is 2. The lowest BCUT2D eigenvalue weighted by Crippen LogP contribution is -2.16. The van der Waals surface area contributed by atoms with E-state index >= 15 is 0 Å². The molecular formula is C16H15N3O3S. The number of rotatable bonds is 5. The Labute approximate surface area is 137 Å². The summed E-state index contributed by atoms with van der Waals surface area (Å²) < 4.78 is 0. The maximum Gasteiger partial charge on any atom is 0.253 e. The van der Waals surface area contributed by atoms with Crippen molar-refractivity contribution in [2.24, 2.45) is 0 Å². The van der Waals surface area contributed by atoms with Crippen molar-refractivity contribution in [3.63, 3.8) is 0 Å². The largest absolute Gasteiger partial charge is 0.323 e. The number of Topliss-reactive ketones (excluding diaryl/α,β-unsaturated/α-hetero) is 1. The molecule has 0 unspecified atom stereocenters. The van der Waals surface area contributed by atoms with E-state index in [4.69, 9.17) is 0 Å². The number of amides is 2. The summed E-state index contributed by atoms with van der Waals surface area (Å²) in [6.45, 7) is 3.02. The molecule has 0 spiro atoms. The molecule has 6 nitrogen and oxygen atoms in total. The predicted molar refractivity (Wildman–Crippen MR) is 89.6 cm³/mol. The second-order valence-corrected chi connectivity index (χ2v) is 5.64. The van der Waals surface area contributed by atoms with Crippen LogP contribution in [0.2, 0.25) is 0 Å². The van der Waals surface area contributed by atoms with Crippen molar-refractivity contribution < 1.29 is 14.4 Å². The fraction of sp³-hybridized carbons (Fsp3) is 0.125. The molecule has 1 aromatic heterocycles. The molecule has 2 rings (SSSR count). The molecule has 1 aromatic carbocycles. The summed E-state index contributed by atoms with van der Waals surface area (Å²) in [5.74, 6) is -0.855. The van der Waals surface area contributed by atoms with E-state index in [1.165, 1.54) is 24.3 Å². The zero-order valence-electron chi connectivity index (χ0n) is 12.6. The Balaban J connectivity index is 1.96. The molecular weight excluding hydrogens is 314 g/mol. The minimum atomic E-state index is -0.424. The highest BCUT2D eigenvalue weighted by molar-refractivity contribution is 7.13. The Morgan fingerprint density at radius 3 is 2.35 bits per heavy atom. The fourth-order valence-electron chi connectivity index (χ4n) is 1.71. The van der Waals surface area contributed by atoms with Gasteiger partial charge in [0.05, 0.1) is 0 Å². The number of hydrogen-bond acceptors (Lipinski definition) is 5. The van der Waals surface area contributed by atoms with E-state index in [1.54, 1.807) is 42.8 Å². The van der Waals surface area contributed by atoms with Gasteiger partial charge in [-0.2, -0.15) is 0 Å². The number of carbonyl (C=O) groups excluding carboxylic acids is 3. The topological polar surface area (TPSA) is 88.2 Å². The van der Waals surface area contributed by atoms with Crippen LogP contribution in [0.15, 0.2) is 47.5 Å². The molecule has 0 saturated heterocycles. The van der Waals surface area contributed by atoms with Crippen LogP contribution in [0, 0.1) is 0 Å². The smallest absolute Gasteiger partial charge is 0.253 e. The lowest BCUT2D eigenvalue weighted by molar-refractivity contribution is -0.114. The first kappa shape index (κ1) is 16.6. The minimum Gasteiger partial charge on any atom is -0.323 e. The molecule has 0 bridgehead atoms. The number of anilines is 2. The van der Waals surface area contributed by atoms with E-state index in [9.17, 15) is 14.4 Å². The minimum absolute atomic E-state index is 0.0440. The summed E-state index contributed by atoms with van der Waals surface area (Å²) in [4.78, 5) is 38.9. The molecule has 2 amide bonds. The highest BCUT2D eigenvalue weighted by Crippen LogP contribution is 2.12. The number of benzene rings is 1. The molecule has 0 aliphatic heterocycles. The second-order valence-electron chi connectivity index (χ2n) is 4.74. The van der Waals surface area contributed by atoms with Gasteiger partial charge in [0, 0.05) is 34.5 Å². The van der Waals surface area contributed by atoms with Gasteiger partial charge < -0.3 is 5.32 Å². The third-order valence-electron chi connectivity index (χ3n) is 2.92. The van der Waals surface area contributed by atoms with Gasteiger partial charge in [0.2, 0.25) is 5.91 Å². The normalized spacial score (nSPS) is 11.0. The molecule has 0 aliphatic carbocycles. The summed E-state index contributed by atoms with van der Waals surface area (Å²) in [5.41, 5.74) is 1.37. The van der Waals surface area contributed by atoms with Crippen molar-refractivity contribution >= 4 is 39.8 Å². The van der Waals surface area contributed by atoms with Gasteiger partial charge in [0.1, 0.15) is 0 Å². The Hall–Kier alpha value is -2.80. The van der Waals surface area contributed by atoms with Gasteiger partial charge in [-0.25, -0.2) is 4.98 Å². The summed E-state index contributed by atoms with van der Waals surface area (Å²) >= 11 is 1.30. The summed E-state index contributed by atoms with van der Waals surface area (Å²) in [5, 5.41) is 7.44. The van der Waals surface area contributed by atoms with Crippen molar-refractivity contribution in [2.45, 2.75) is 13.8 Å². The van der Waals surface area contributed by atoms with E-state index in [0.717, 1.165) is 0 Å². The first-order valence-corrected chi connectivity index (χ1v) is 7.65. The SMILES string of the molecule is CC(=O)c1ccc(NC(=O)/C=C(/C)C(=O)Nc2nccs2)cc1. The monoisotopic (exact) mass is 329 g/mol. The first-order chi connectivity index (χ1) is 11.0. The maximum absolute atomic E-state index is 11.9. The molecule has 0 atom stereocenters. The number of carbonyl (C=O) groups is 3. The molecule has 0 radical (unpaired) electrons. The quantitative estimate of drug-likeness (QED) is 0.652. The van der Waals surface area contributed by atoms with Gasteiger partial charge in [0.25, 0.3) is 5.91 Å². The molecule has 0 fully saturated rings. The Bertz CT molecular complexity index is 749. The predicted octanol–water partition coefficient (Wildman–Crippen LogP) is 2.87. The number of thiazole rings is 1. The van der Waals surface area contributed by atoms with E-state index in [-0.39, 0.29) is 17.3 Å². The third kappa shape index (κ3) is 4.86. The summed E-state index contributed by atoms with van der Waals surface area (Å²) in [6.07, 6.45) is 2.79. The van der Waals surface area contributed by atoms with Crippen LogP contribution in [-0.2, 0) is 9.59 Å². The maximum atomic E-state index is 11.9. The van der Waals surface area contributed by atoms with Crippen LogP contribution in [0.3, 0.4) is 0 Å². The van der Waals surface area contributed by atoms with Crippen molar-refractivity contribution in [1.29, 1.82) is 0 Å². The number of hydrogen-bond donors (Lipinski definition) is 2. The average Bonchev–Trinajstić information content (AvgIpc) is 3.00. The fourth-order valence-corrected chi connectivity index (χ4v) is 2.23. The van der Waals surface area contributed by atoms with E-state index in [1.807, 2.05) is 0 Å². The van der Waals surface area contributed by atoms with Gasteiger partial charge >= 0.3 is 0 Å². The Morgan fingerprint density at radius 1 is 1.09 bits per heavy atom. The summed E-state index contributed by atoms with van der Waals surface area (Å²) in [6, 6.07) is 6.52. The van der Waals surface area contributed by atoms with Crippen molar-refractivity contribution in [2.75, 3.05) is 10.6 Å². The second kappa shape index (κ2) is 7.46. The van der Waals surface area contributed by atoms with Crippen LogP contribution < -0.4 is 10.6 Å². The lowest BCUT2D eigenvalue weighted by Gasteiger charge is -2.05. The van der Waals surface area contributed by atoms with Gasteiger partial charge in [-0.1, -0.05) is 0 Å². The molecule has 0 aliphatic rings. The van der Waals surface area contributed by atoms with Crippen molar-refractivity contribution in [3.8, 4) is 0 Å². The van der Waals surface area contributed by atoms with Crippen LogP contribution in [-0.4, -0.2) is 22.6 Å². The van der Waals surface area contributed by atoms with Gasteiger partial charge in [-0.15, -0.1) is 11.3 Å². The Morgan fingerprint density at radius 2 is 1.78 bits per heavy atom. The van der Waals surface area contributed by atoms with Crippen LogP contribution >= 0.6 is 11.3 Å². The third-order valence-corrected chi connectivity index (χ3v) is 3.61. The average molecular weight is 329 g/mol. The van der Waals surface area contributed by atoms with E-state index in [0.29, 0.717) is 16.4 Å². The molecule has 2 N–H and O–H groups in total. The lowest BCUT2D eigenvalue weighted by atomic mass is 10.1. The number of aromatic nitrogens is 1. The van der Waals surface area contributed by atoms with Crippen LogP contribution in [0.4, 0.5) is 10.8 Å². The van der Waals surface area contributed by atoms with Crippen molar-refractivity contribution in [1.82, 2.24) is 4.98 Å². The van der Waals surface area contributed by atoms with Crippen molar-refractivity contribution in [3.05, 3.63) is 53.1 Å². The van der Waals surface area contributed by atoms with Crippen LogP contribution in [0.25, 0.3) is 0 Å². The molecule has 118 valence electrons. The van der Waals surface area contributed by atoms with E-state index < -0.39 is 5.91 Å². The highest BCUT2D eigenvalue weighted by atomic mass is 32.1. The van der Waals surface area contributed by atoms with E-state index in [2.05, 4.69) is 15.6 Å². The van der Waals surface area contributed by atoms with Crippen LogP contribution in [0.1, 0.15) is 24.2 Å². The first-order valence-electron chi connectivity index (χ1n) is 6.77. The number of nitrogens with zero attached hydrogens (tertiary/aromatic N) is 1. The zero-order valence-corrected chi connectivity index (χ0v) is 13.4. The molecule has 0 saturated carbocycles. The molecule has 23 heavy (non-hydrogen) atoms. The highest BCUT2D eigenvalue weighted by Gasteiger charge is 2.09. The molecule has 7 heteroatoms. The zero-order chi connectivity index (χ0) is 16.8. The Kier molecular flexibility index (Phi) is 5.37. The summed E-state index contributed by atoms with van der Waals surface area (Å²) in [7, 11) is 0. The van der Waals surface area contributed by atoms with Gasteiger partial charge in [-0.05, 0) is 38.1 Å². The van der Waals surface area contributed by atoms with Gasteiger partial charge in [0.15, 0.2) is 10.9 Å². The number of ketones is 1. The van der Waals surface area contributed by atoms with Gasteiger partial charge in [-0.3, -0.25) is 19.7 Å². The molecule has 2 aromatic rings. The van der Waals surface area contributed by atoms with Crippen LogP contribution in [0.5, 0.6) is 0 Å². The molecule has 1 heterocycles.